The van der Waals surface area contributed by atoms with Crippen LogP contribution in [0.1, 0.15) is 29.3 Å². The highest BCUT2D eigenvalue weighted by Gasteiger charge is 2.26. The number of likely N-dealkylation sites (tertiary alicyclic amines) is 1. The van der Waals surface area contributed by atoms with Gasteiger partial charge < -0.3 is 4.90 Å². The summed E-state index contributed by atoms with van der Waals surface area (Å²) in [6.45, 7) is 1.56. The third-order valence-electron chi connectivity index (χ3n) is 4.85. The number of benzene rings is 2. The van der Waals surface area contributed by atoms with Gasteiger partial charge in [0.15, 0.2) is 0 Å². The SMILES string of the molecule is O=C(Cc1ccc(Cl)c(Cl)c1)N1CCC(c2nc3ccccc3s2)CC1. The van der Waals surface area contributed by atoms with Crippen LogP contribution in [0.4, 0.5) is 0 Å². The predicted octanol–water partition coefficient (Wildman–Crippen LogP) is 5.55. The third-order valence-corrected chi connectivity index (χ3v) is 6.78. The molecule has 1 aliphatic rings. The molecule has 0 radical (unpaired) electrons. The predicted molar refractivity (Wildman–Crippen MR) is 108 cm³/mol. The van der Waals surface area contributed by atoms with Crippen LogP contribution < -0.4 is 0 Å². The Bertz CT molecular complexity index is 915. The number of piperidine rings is 1. The Morgan fingerprint density at radius 3 is 2.62 bits per heavy atom. The zero-order valence-corrected chi connectivity index (χ0v) is 16.4. The van der Waals surface area contributed by atoms with Gasteiger partial charge in [0.1, 0.15) is 0 Å². The number of hydrogen-bond donors (Lipinski definition) is 0. The highest BCUT2D eigenvalue weighted by molar-refractivity contribution is 7.18. The molecule has 0 saturated carbocycles. The number of halogens is 2. The summed E-state index contributed by atoms with van der Waals surface area (Å²) in [7, 11) is 0. The summed E-state index contributed by atoms with van der Waals surface area (Å²) >= 11 is 13.8. The summed E-state index contributed by atoms with van der Waals surface area (Å²) in [5.41, 5.74) is 1.98. The zero-order chi connectivity index (χ0) is 18.1. The summed E-state index contributed by atoms with van der Waals surface area (Å²) in [5, 5.41) is 2.20. The molecule has 26 heavy (non-hydrogen) atoms. The van der Waals surface area contributed by atoms with E-state index < -0.39 is 0 Å². The van der Waals surface area contributed by atoms with Crippen LogP contribution in [-0.4, -0.2) is 28.9 Å². The molecule has 134 valence electrons. The van der Waals surface area contributed by atoms with Crippen LogP contribution in [0.15, 0.2) is 42.5 Å². The van der Waals surface area contributed by atoms with Crippen molar-refractivity contribution in [3.63, 3.8) is 0 Å². The van der Waals surface area contributed by atoms with E-state index in [1.165, 1.54) is 9.71 Å². The minimum atomic E-state index is 0.145. The molecule has 0 spiro atoms. The fourth-order valence-corrected chi connectivity index (χ4v) is 4.83. The van der Waals surface area contributed by atoms with Crippen molar-refractivity contribution >= 4 is 50.7 Å². The average Bonchev–Trinajstić information content (AvgIpc) is 3.09. The maximum atomic E-state index is 12.6. The standard InChI is InChI=1S/C20H18Cl2N2OS/c21-15-6-5-13(11-16(15)22)12-19(25)24-9-7-14(8-10-24)20-23-17-3-1-2-4-18(17)26-20/h1-6,11,14H,7-10,12H2. The summed E-state index contributed by atoms with van der Waals surface area (Å²) in [6.07, 6.45) is 2.29. The largest absolute Gasteiger partial charge is 0.342 e. The third kappa shape index (κ3) is 3.73. The second-order valence-electron chi connectivity index (χ2n) is 6.60. The number of fused-ring (bicyclic) bond motifs is 1. The van der Waals surface area contributed by atoms with E-state index in [0.29, 0.717) is 22.4 Å². The molecule has 2 heterocycles. The van der Waals surface area contributed by atoms with Crippen molar-refractivity contribution in [3.05, 3.63) is 63.1 Å². The lowest BCUT2D eigenvalue weighted by Crippen LogP contribution is -2.38. The lowest BCUT2D eigenvalue weighted by atomic mass is 9.97. The van der Waals surface area contributed by atoms with Gasteiger partial charge in [-0.05, 0) is 42.7 Å². The molecule has 1 fully saturated rings. The van der Waals surface area contributed by atoms with E-state index in [1.54, 1.807) is 23.5 Å². The molecule has 1 aliphatic heterocycles. The van der Waals surface area contributed by atoms with Crippen LogP contribution in [0.5, 0.6) is 0 Å². The topological polar surface area (TPSA) is 33.2 Å². The van der Waals surface area contributed by atoms with Crippen LogP contribution in [0.25, 0.3) is 10.2 Å². The number of para-hydroxylation sites is 1. The smallest absolute Gasteiger partial charge is 0.226 e. The number of carbonyl (C=O) groups is 1. The number of amides is 1. The Kier molecular flexibility index (Phi) is 5.16. The van der Waals surface area contributed by atoms with E-state index in [4.69, 9.17) is 28.2 Å². The number of hydrogen-bond acceptors (Lipinski definition) is 3. The summed E-state index contributed by atoms with van der Waals surface area (Å²) in [5.74, 6) is 0.590. The molecular weight excluding hydrogens is 387 g/mol. The van der Waals surface area contributed by atoms with Gasteiger partial charge in [-0.15, -0.1) is 11.3 Å². The van der Waals surface area contributed by atoms with E-state index in [-0.39, 0.29) is 5.91 Å². The van der Waals surface area contributed by atoms with Crippen molar-refractivity contribution < 1.29 is 4.79 Å². The summed E-state index contributed by atoms with van der Waals surface area (Å²) < 4.78 is 1.24. The Labute approximate surface area is 166 Å². The van der Waals surface area contributed by atoms with Gasteiger partial charge in [-0.3, -0.25) is 4.79 Å². The van der Waals surface area contributed by atoms with Crippen LogP contribution in [0, 0.1) is 0 Å². The number of carbonyl (C=O) groups excluding carboxylic acids is 1. The molecule has 0 atom stereocenters. The van der Waals surface area contributed by atoms with E-state index in [1.807, 2.05) is 17.0 Å². The van der Waals surface area contributed by atoms with Crippen molar-refractivity contribution in [2.75, 3.05) is 13.1 Å². The van der Waals surface area contributed by atoms with Gasteiger partial charge >= 0.3 is 0 Å². The molecule has 0 unspecified atom stereocenters. The van der Waals surface area contributed by atoms with E-state index in [2.05, 4.69) is 18.2 Å². The lowest BCUT2D eigenvalue weighted by Gasteiger charge is -2.31. The van der Waals surface area contributed by atoms with Crippen LogP contribution in [0.2, 0.25) is 10.0 Å². The number of rotatable bonds is 3. The van der Waals surface area contributed by atoms with Crippen molar-refractivity contribution in [2.45, 2.75) is 25.2 Å². The quantitative estimate of drug-likeness (QED) is 0.572. The molecular formula is C20H18Cl2N2OS. The molecule has 1 aromatic heterocycles. The van der Waals surface area contributed by atoms with Gasteiger partial charge in [-0.2, -0.15) is 0 Å². The van der Waals surface area contributed by atoms with Crippen molar-refractivity contribution in [2.24, 2.45) is 0 Å². The van der Waals surface area contributed by atoms with E-state index in [9.17, 15) is 4.79 Å². The van der Waals surface area contributed by atoms with Gasteiger partial charge in [-0.1, -0.05) is 41.4 Å². The van der Waals surface area contributed by atoms with Crippen molar-refractivity contribution in [3.8, 4) is 0 Å². The van der Waals surface area contributed by atoms with E-state index >= 15 is 0 Å². The molecule has 2 aromatic carbocycles. The average molecular weight is 405 g/mol. The first-order valence-electron chi connectivity index (χ1n) is 8.67. The molecule has 0 bridgehead atoms. The first kappa shape index (κ1) is 17.8. The zero-order valence-electron chi connectivity index (χ0n) is 14.1. The minimum Gasteiger partial charge on any atom is -0.342 e. The molecule has 3 nitrogen and oxygen atoms in total. The number of thiazole rings is 1. The summed E-state index contributed by atoms with van der Waals surface area (Å²) in [4.78, 5) is 19.3. The fraction of sp³-hybridized carbons (Fsp3) is 0.300. The second kappa shape index (κ2) is 7.55. The molecule has 0 N–H and O–H groups in total. The Balaban J connectivity index is 1.38. The molecule has 4 rings (SSSR count). The Hall–Kier alpha value is -1.62. The molecule has 1 amide bonds. The van der Waals surface area contributed by atoms with Gasteiger partial charge in [0.05, 0.1) is 31.7 Å². The molecule has 3 aromatic rings. The normalized spacial score (nSPS) is 15.5. The molecule has 0 aliphatic carbocycles. The molecule has 6 heteroatoms. The maximum Gasteiger partial charge on any atom is 0.226 e. The maximum absolute atomic E-state index is 12.6. The monoisotopic (exact) mass is 404 g/mol. The van der Waals surface area contributed by atoms with Crippen molar-refractivity contribution in [1.82, 2.24) is 9.88 Å². The highest BCUT2D eigenvalue weighted by atomic mass is 35.5. The number of aromatic nitrogens is 1. The van der Waals surface area contributed by atoms with Gasteiger partial charge in [0.2, 0.25) is 5.91 Å². The highest BCUT2D eigenvalue weighted by Crippen LogP contribution is 2.34. The second-order valence-corrected chi connectivity index (χ2v) is 8.48. The fourth-order valence-electron chi connectivity index (χ4n) is 3.38. The minimum absolute atomic E-state index is 0.145. The van der Waals surface area contributed by atoms with Crippen LogP contribution >= 0.6 is 34.5 Å². The van der Waals surface area contributed by atoms with Gasteiger partial charge in [-0.25, -0.2) is 4.98 Å². The van der Waals surface area contributed by atoms with Gasteiger partial charge in [0, 0.05) is 19.0 Å². The summed E-state index contributed by atoms with van der Waals surface area (Å²) in [6, 6.07) is 13.6. The first-order valence-corrected chi connectivity index (χ1v) is 10.2. The number of nitrogens with zero attached hydrogens (tertiary/aromatic N) is 2. The Morgan fingerprint density at radius 1 is 1.12 bits per heavy atom. The van der Waals surface area contributed by atoms with Crippen molar-refractivity contribution in [1.29, 1.82) is 0 Å². The lowest BCUT2D eigenvalue weighted by molar-refractivity contribution is -0.131. The molecule has 1 saturated heterocycles. The Morgan fingerprint density at radius 2 is 1.88 bits per heavy atom. The van der Waals surface area contributed by atoms with Crippen LogP contribution in [-0.2, 0) is 11.2 Å². The first-order chi connectivity index (χ1) is 12.6. The van der Waals surface area contributed by atoms with Gasteiger partial charge in [0.25, 0.3) is 0 Å². The van der Waals surface area contributed by atoms with Crippen LogP contribution in [0.3, 0.4) is 0 Å². The van der Waals surface area contributed by atoms with E-state index in [0.717, 1.165) is 37.0 Å².